The number of rotatable bonds is 4. The van der Waals surface area contributed by atoms with Gasteiger partial charge in [-0.25, -0.2) is 4.98 Å². The molecule has 0 spiro atoms. The second-order valence-corrected chi connectivity index (χ2v) is 6.45. The molecule has 2 aromatic carbocycles. The van der Waals surface area contributed by atoms with Crippen molar-refractivity contribution in [2.75, 3.05) is 10.6 Å². The van der Waals surface area contributed by atoms with Crippen LogP contribution in [0.2, 0.25) is 0 Å². The monoisotopic (exact) mass is 334 g/mol. The van der Waals surface area contributed by atoms with Gasteiger partial charge in [0.2, 0.25) is 11.9 Å². The fourth-order valence-corrected chi connectivity index (χ4v) is 2.85. The Hall–Kier alpha value is -3.15. The van der Waals surface area contributed by atoms with Crippen molar-refractivity contribution < 1.29 is 9.59 Å². The van der Waals surface area contributed by atoms with Crippen molar-refractivity contribution in [2.45, 2.75) is 13.3 Å². The second kappa shape index (κ2) is 6.05. The van der Waals surface area contributed by atoms with Crippen LogP contribution in [0.4, 0.5) is 11.6 Å². The van der Waals surface area contributed by atoms with Crippen molar-refractivity contribution in [3.8, 4) is 0 Å². The first-order chi connectivity index (χ1) is 12.1. The van der Waals surface area contributed by atoms with Crippen molar-refractivity contribution in [3.05, 3.63) is 54.1 Å². The van der Waals surface area contributed by atoms with E-state index < -0.39 is 0 Å². The van der Waals surface area contributed by atoms with Crippen LogP contribution in [0.5, 0.6) is 0 Å². The third-order valence-corrected chi connectivity index (χ3v) is 4.46. The van der Waals surface area contributed by atoms with Gasteiger partial charge in [0.1, 0.15) is 0 Å². The highest BCUT2D eigenvalue weighted by Gasteiger charge is 2.39. The summed E-state index contributed by atoms with van der Waals surface area (Å²) in [5.74, 6) is 0.664. The number of hydrogen-bond acceptors (Lipinski definition) is 3. The number of hydrogen-bond donors (Lipinski definition) is 3. The molecule has 1 heterocycles. The quantitative estimate of drug-likeness (QED) is 0.683. The number of nitrogens with one attached hydrogen (secondary N) is 3. The third kappa shape index (κ3) is 3.24. The summed E-state index contributed by atoms with van der Waals surface area (Å²) in [7, 11) is 0. The van der Waals surface area contributed by atoms with E-state index in [0.29, 0.717) is 23.1 Å². The van der Waals surface area contributed by atoms with Crippen LogP contribution in [0.1, 0.15) is 23.7 Å². The molecule has 1 fully saturated rings. The summed E-state index contributed by atoms with van der Waals surface area (Å²) in [5, 5.41) is 5.62. The average Bonchev–Trinajstić information content (AvgIpc) is 3.20. The molecule has 1 aliphatic rings. The predicted octanol–water partition coefficient (Wildman–Crippen LogP) is 3.41. The number of fused-ring (bicyclic) bond motifs is 1. The number of carbonyl (C=O) groups is 2. The molecule has 0 bridgehead atoms. The van der Waals surface area contributed by atoms with Gasteiger partial charge in [-0.2, -0.15) is 0 Å². The zero-order valence-corrected chi connectivity index (χ0v) is 13.7. The molecule has 0 saturated heterocycles. The van der Waals surface area contributed by atoms with E-state index in [2.05, 4.69) is 27.5 Å². The summed E-state index contributed by atoms with van der Waals surface area (Å²) in [6.07, 6.45) is 0.929. The van der Waals surface area contributed by atoms with Gasteiger partial charge in [-0.1, -0.05) is 25.1 Å². The van der Waals surface area contributed by atoms with Gasteiger partial charge in [0.25, 0.3) is 5.91 Å². The van der Waals surface area contributed by atoms with E-state index in [1.54, 1.807) is 24.3 Å². The average molecular weight is 334 g/mol. The molecule has 6 nitrogen and oxygen atoms in total. The Kier molecular flexibility index (Phi) is 3.72. The summed E-state index contributed by atoms with van der Waals surface area (Å²) >= 11 is 0. The number of para-hydroxylation sites is 2. The molecule has 1 aliphatic carbocycles. The molecule has 1 saturated carbocycles. The zero-order chi connectivity index (χ0) is 17.4. The van der Waals surface area contributed by atoms with E-state index in [1.807, 2.05) is 24.3 Å². The Morgan fingerprint density at radius 1 is 1.12 bits per heavy atom. The van der Waals surface area contributed by atoms with E-state index in [9.17, 15) is 9.59 Å². The Morgan fingerprint density at radius 2 is 1.92 bits per heavy atom. The molecule has 3 N–H and O–H groups in total. The highest BCUT2D eigenvalue weighted by molar-refractivity contribution is 6.05. The van der Waals surface area contributed by atoms with Crippen LogP contribution < -0.4 is 10.6 Å². The van der Waals surface area contributed by atoms with Gasteiger partial charge in [-0.05, 0) is 42.7 Å². The smallest absolute Gasteiger partial charge is 0.258 e. The van der Waals surface area contributed by atoms with Crippen molar-refractivity contribution >= 4 is 34.5 Å². The summed E-state index contributed by atoms with van der Waals surface area (Å²) in [6, 6.07) is 14.5. The van der Waals surface area contributed by atoms with Crippen LogP contribution in [0.25, 0.3) is 11.0 Å². The lowest BCUT2D eigenvalue weighted by Gasteiger charge is -2.07. The highest BCUT2D eigenvalue weighted by atomic mass is 16.2. The molecular weight excluding hydrogens is 316 g/mol. The number of carbonyl (C=O) groups excluding carboxylic acids is 2. The van der Waals surface area contributed by atoms with Crippen LogP contribution in [0.3, 0.4) is 0 Å². The largest absolute Gasteiger partial charge is 0.326 e. The lowest BCUT2D eigenvalue weighted by Crippen LogP contribution is -2.16. The molecule has 3 aromatic rings. The van der Waals surface area contributed by atoms with Gasteiger partial charge in [0.05, 0.1) is 11.0 Å². The zero-order valence-electron chi connectivity index (χ0n) is 13.7. The fraction of sp³-hybridized carbons (Fsp3) is 0.211. The summed E-state index contributed by atoms with van der Waals surface area (Å²) < 4.78 is 0. The number of anilines is 2. The maximum atomic E-state index is 12.4. The highest BCUT2D eigenvalue weighted by Crippen LogP contribution is 2.38. The molecule has 6 heteroatoms. The Balaban J connectivity index is 1.48. The Morgan fingerprint density at radius 3 is 2.68 bits per heavy atom. The number of imidazole rings is 1. The number of amides is 2. The van der Waals surface area contributed by atoms with E-state index >= 15 is 0 Å². The standard InChI is InChI=1S/C19H18N4O2/c1-11-9-14(11)18(25)20-13-6-4-5-12(10-13)17(24)23-19-21-15-7-2-3-8-16(15)22-19/h2-8,10-11,14H,9H2,1H3,(H,20,25)(H2,21,22,23,24)/t11-,14+/m1/s1. The summed E-state index contributed by atoms with van der Waals surface area (Å²) in [5.41, 5.74) is 2.73. The maximum Gasteiger partial charge on any atom is 0.258 e. The third-order valence-electron chi connectivity index (χ3n) is 4.46. The van der Waals surface area contributed by atoms with Gasteiger partial charge in [0.15, 0.2) is 0 Å². The van der Waals surface area contributed by atoms with Crippen LogP contribution in [0, 0.1) is 11.8 Å². The van der Waals surface area contributed by atoms with E-state index in [1.165, 1.54) is 0 Å². The van der Waals surface area contributed by atoms with Crippen molar-refractivity contribution in [1.82, 2.24) is 9.97 Å². The van der Waals surface area contributed by atoms with Crippen molar-refractivity contribution in [3.63, 3.8) is 0 Å². The lowest BCUT2D eigenvalue weighted by molar-refractivity contribution is -0.117. The summed E-state index contributed by atoms with van der Waals surface area (Å²) in [6.45, 7) is 2.06. The fourth-order valence-electron chi connectivity index (χ4n) is 2.85. The SMILES string of the molecule is C[C@@H]1C[C@@H]1C(=O)Nc1cccc(C(=O)Nc2nc3ccccc3[nH]2)c1. The normalized spacial score (nSPS) is 18.8. The van der Waals surface area contributed by atoms with Gasteiger partial charge < -0.3 is 10.3 Å². The number of nitrogens with zero attached hydrogens (tertiary/aromatic N) is 1. The van der Waals surface area contributed by atoms with Gasteiger partial charge in [-0.15, -0.1) is 0 Å². The van der Waals surface area contributed by atoms with Gasteiger partial charge in [-0.3, -0.25) is 14.9 Å². The van der Waals surface area contributed by atoms with Crippen LogP contribution in [-0.2, 0) is 4.79 Å². The molecule has 25 heavy (non-hydrogen) atoms. The van der Waals surface area contributed by atoms with Gasteiger partial charge in [0, 0.05) is 17.2 Å². The number of aromatic nitrogens is 2. The van der Waals surface area contributed by atoms with Crippen LogP contribution in [0.15, 0.2) is 48.5 Å². The minimum absolute atomic E-state index is 0.0161. The minimum atomic E-state index is -0.282. The Labute approximate surface area is 144 Å². The molecule has 2 amide bonds. The van der Waals surface area contributed by atoms with Crippen molar-refractivity contribution in [2.24, 2.45) is 11.8 Å². The Bertz CT molecular complexity index is 930. The molecule has 4 rings (SSSR count). The molecule has 0 unspecified atom stereocenters. The second-order valence-electron chi connectivity index (χ2n) is 6.45. The first-order valence-corrected chi connectivity index (χ1v) is 8.27. The predicted molar refractivity (Wildman–Crippen MR) is 96.4 cm³/mol. The lowest BCUT2D eigenvalue weighted by atomic mass is 10.2. The first-order valence-electron chi connectivity index (χ1n) is 8.27. The number of H-pyrrole nitrogens is 1. The molecule has 1 aromatic heterocycles. The molecular formula is C19H18N4O2. The molecule has 2 atom stereocenters. The van der Waals surface area contributed by atoms with Crippen molar-refractivity contribution in [1.29, 1.82) is 0 Å². The van der Waals surface area contributed by atoms with E-state index in [4.69, 9.17) is 0 Å². The van der Waals surface area contributed by atoms with E-state index in [-0.39, 0.29) is 17.7 Å². The molecule has 126 valence electrons. The van der Waals surface area contributed by atoms with Crippen LogP contribution in [-0.4, -0.2) is 21.8 Å². The van der Waals surface area contributed by atoms with Gasteiger partial charge >= 0.3 is 0 Å². The molecule has 0 radical (unpaired) electrons. The maximum absolute atomic E-state index is 12.4. The molecule has 0 aliphatic heterocycles. The van der Waals surface area contributed by atoms with Crippen LogP contribution >= 0.6 is 0 Å². The topological polar surface area (TPSA) is 86.9 Å². The minimum Gasteiger partial charge on any atom is -0.326 e. The first kappa shape index (κ1) is 15.4. The number of benzene rings is 2. The number of aromatic amines is 1. The summed E-state index contributed by atoms with van der Waals surface area (Å²) in [4.78, 5) is 31.9. The van der Waals surface area contributed by atoms with E-state index in [0.717, 1.165) is 17.5 Å².